The number of benzene rings is 1. The second-order valence-corrected chi connectivity index (χ2v) is 3.04. The molecule has 1 amide bonds. The lowest BCUT2D eigenvalue weighted by Gasteiger charge is -2.21. The Morgan fingerprint density at radius 2 is 1.75 bits per heavy atom. The Balaban J connectivity index is 2.96. The molecule has 0 spiro atoms. The molecular formula is C10H11NO5. The molecule has 0 saturated heterocycles. The summed E-state index contributed by atoms with van der Waals surface area (Å²) in [4.78, 5) is 22.6. The maximum Gasteiger partial charge on any atom is 0.394 e. The highest BCUT2D eigenvalue weighted by atomic mass is 16.5. The Hall–Kier alpha value is -1.92. The number of carbonyl (C=O) groups is 2. The van der Waals surface area contributed by atoms with Crippen molar-refractivity contribution < 1.29 is 24.9 Å². The van der Waals surface area contributed by atoms with Crippen LogP contribution in [0.2, 0.25) is 0 Å². The third kappa shape index (κ3) is 3.04. The first-order chi connectivity index (χ1) is 7.52. The SMILES string of the molecule is O=C(O)C(=O)N(CC(O)O)c1ccccc1. The third-order valence-corrected chi connectivity index (χ3v) is 1.84. The van der Waals surface area contributed by atoms with Gasteiger partial charge in [-0.2, -0.15) is 0 Å². The van der Waals surface area contributed by atoms with Crippen LogP contribution in [0.4, 0.5) is 5.69 Å². The Labute approximate surface area is 91.4 Å². The maximum absolute atomic E-state index is 11.3. The summed E-state index contributed by atoms with van der Waals surface area (Å²) in [5.41, 5.74) is 0.294. The quantitative estimate of drug-likeness (QED) is 0.472. The van der Waals surface area contributed by atoms with Crippen LogP contribution in [-0.4, -0.2) is 40.0 Å². The number of amides is 1. The van der Waals surface area contributed by atoms with E-state index in [-0.39, 0.29) is 0 Å². The molecule has 16 heavy (non-hydrogen) atoms. The van der Waals surface area contributed by atoms with Crippen molar-refractivity contribution in [2.75, 3.05) is 11.4 Å². The van der Waals surface area contributed by atoms with Crippen LogP contribution in [0, 0.1) is 0 Å². The average Bonchev–Trinajstić information content (AvgIpc) is 2.26. The molecule has 3 N–H and O–H groups in total. The van der Waals surface area contributed by atoms with E-state index in [1.165, 1.54) is 12.1 Å². The summed E-state index contributed by atoms with van der Waals surface area (Å²) >= 11 is 0. The topological polar surface area (TPSA) is 98.1 Å². The second-order valence-electron chi connectivity index (χ2n) is 3.04. The Bertz CT molecular complexity index is 376. The van der Waals surface area contributed by atoms with Crippen molar-refractivity contribution in [3.8, 4) is 0 Å². The summed E-state index contributed by atoms with van der Waals surface area (Å²) in [7, 11) is 0. The van der Waals surface area contributed by atoms with Crippen LogP contribution in [0.15, 0.2) is 30.3 Å². The van der Waals surface area contributed by atoms with Crippen LogP contribution in [0.5, 0.6) is 0 Å². The van der Waals surface area contributed by atoms with E-state index in [1.54, 1.807) is 18.2 Å². The molecule has 0 heterocycles. The number of para-hydroxylation sites is 1. The molecule has 0 bridgehead atoms. The Morgan fingerprint density at radius 3 is 2.19 bits per heavy atom. The van der Waals surface area contributed by atoms with Crippen molar-refractivity contribution in [2.24, 2.45) is 0 Å². The summed E-state index contributed by atoms with van der Waals surface area (Å²) in [6.07, 6.45) is -1.79. The van der Waals surface area contributed by atoms with E-state index >= 15 is 0 Å². The Morgan fingerprint density at radius 1 is 1.19 bits per heavy atom. The van der Waals surface area contributed by atoms with Crippen molar-refractivity contribution in [3.63, 3.8) is 0 Å². The molecule has 6 heteroatoms. The number of nitrogens with zero attached hydrogens (tertiary/aromatic N) is 1. The minimum absolute atomic E-state index is 0.294. The van der Waals surface area contributed by atoms with Gasteiger partial charge >= 0.3 is 11.9 Å². The molecule has 0 aliphatic carbocycles. The molecule has 86 valence electrons. The van der Waals surface area contributed by atoms with Gasteiger partial charge in [0.1, 0.15) is 0 Å². The van der Waals surface area contributed by atoms with Gasteiger partial charge < -0.3 is 15.3 Å². The zero-order valence-corrected chi connectivity index (χ0v) is 8.28. The van der Waals surface area contributed by atoms with E-state index in [0.717, 1.165) is 4.90 Å². The molecule has 0 atom stereocenters. The van der Waals surface area contributed by atoms with Crippen LogP contribution >= 0.6 is 0 Å². The Kier molecular flexibility index (Phi) is 3.98. The van der Waals surface area contributed by atoms with Crippen molar-refractivity contribution in [1.29, 1.82) is 0 Å². The smallest absolute Gasteiger partial charge is 0.394 e. The van der Waals surface area contributed by atoms with E-state index in [0.29, 0.717) is 5.69 Å². The lowest BCUT2D eigenvalue weighted by molar-refractivity contribution is -0.149. The summed E-state index contributed by atoms with van der Waals surface area (Å²) in [5.74, 6) is -2.86. The van der Waals surface area contributed by atoms with Gasteiger partial charge in [-0.05, 0) is 12.1 Å². The van der Waals surface area contributed by atoms with Crippen LogP contribution in [0.3, 0.4) is 0 Å². The molecular weight excluding hydrogens is 214 g/mol. The minimum Gasteiger partial charge on any atom is -0.474 e. The molecule has 1 aromatic rings. The van der Waals surface area contributed by atoms with Crippen LogP contribution < -0.4 is 4.90 Å². The number of carbonyl (C=O) groups excluding carboxylic acids is 1. The lowest BCUT2D eigenvalue weighted by Crippen LogP contribution is -2.41. The summed E-state index contributed by atoms with van der Waals surface area (Å²) in [5, 5.41) is 26.1. The highest BCUT2D eigenvalue weighted by Crippen LogP contribution is 2.13. The number of hydrogen-bond donors (Lipinski definition) is 3. The number of aliphatic hydroxyl groups excluding tert-OH is 1. The molecule has 0 radical (unpaired) electrons. The van der Waals surface area contributed by atoms with Gasteiger partial charge in [0.25, 0.3) is 0 Å². The molecule has 1 rings (SSSR count). The predicted molar refractivity (Wildman–Crippen MR) is 54.7 cm³/mol. The van der Waals surface area contributed by atoms with Gasteiger partial charge in [0.05, 0.1) is 6.54 Å². The third-order valence-electron chi connectivity index (χ3n) is 1.84. The molecule has 0 saturated carbocycles. The fourth-order valence-corrected chi connectivity index (χ4v) is 1.19. The van der Waals surface area contributed by atoms with E-state index in [1.807, 2.05) is 0 Å². The molecule has 0 aromatic heterocycles. The fourth-order valence-electron chi connectivity index (χ4n) is 1.19. The number of hydrogen-bond acceptors (Lipinski definition) is 4. The number of anilines is 1. The first-order valence-electron chi connectivity index (χ1n) is 4.48. The number of rotatable bonds is 3. The average molecular weight is 225 g/mol. The van der Waals surface area contributed by atoms with Crippen LogP contribution in [0.25, 0.3) is 0 Å². The van der Waals surface area contributed by atoms with Crippen molar-refractivity contribution >= 4 is 17.6 Å². The first kappa shape index (κ1) is 12.2. The summed E-state index contributed by atoms with van der Waals surface area (Å²) in [6.45, 7) is -0.491. The van der Waals surface area contributed by atoms with E-state index in [2.05, 4.69) is 0 Å². The lowest BCUT2D eigenvalue weighted by atomic mass is 10.2. The van der Waals surface area contributed by atoms with Crippen LogP contribution in [-0.2, 0) is 9.59 Å². The molecule has 0 aliphatic rings. The van der Waals surface area contributed by atoms with Crippen molar-refractivity contribution in [1.82, 2.24) is 0 Å². The molecule has 0 fully saturated rings. The zero-order chi connectivity index (χ0) is 12.1. The largest absolute Gasteiger partial charge is 0.474 e. The maximum atomic E-state index is 11.3. The molecule has 0 unspecified atom stereocenters. The second kappa shape index (κ2) is 5.24. The normalized spacial score (nSPS) is 10.2. The summed E-state index contributed by atoms with van der Waals surface area (Å²) < 4.78 is 0. The van der Waals surface area contributed by atoms with Gasteiger partial charge in [-0.25, -0.2) is 4.79 Å². The highest BCUT2D eigenvalue weighted by molar-refractivity contribution is 6.37. The zero-order valence-electron chi connectivity index (χ0n) is 8.28. The van der Waals surface area contributed by atoms with Gasteiger partial charge in [-0.3, -0.25) is 9.69 Å². The summed E-state index contributed by atoms with van der Waals surface area (Å²) in [6, 6.07) is 7.93. The highest BCUT2D eigenvalue weighted by Gasteiger charge is 2.23. The van der Waals surface area contributed by atoms with E-state index in [4.69, 9.17) is 15.3 Å². The molecule has 0 aliphatic heterocycles. The number of aliphatic hydroxyl groups is 2. The van der Waals surface area contributed by atoms with E-state index < -0.39 is 24.7 Å². The molecule has 1 aromatic carbocycles. The number of carboxylic acids is 1. The van der Waals surface area contributed by atoms with Gasteiger partial charge in [-0.1, -0.05) is 18.2 Å². The van der Waals surface area contributed by atoms with Crippen molar-refractivity contribution in [3.05, 3.63) is 30.3 Å². The first-order valence-corrected chi connectivity index (χ1v) is 4.48. The van der Waals surface area contributed by atoms with E-state index in [9.17, 15) is 9.59 Å². The predicted octanol–water partition coefficient (Wildman–Crippen LogP) is -0.585. The van der Waals surface area contributed by atoms with Gasteiger partial charge in [0, 0.05) is 5.69 Å². The minimum atomic E-state index is -1.79. The van der Waals surface area contributed by atoms with Gasteiger partial charge in [0.15, 0.2) is 6.29 Å². The number of carboxylic acid groups (broad SMARTS) is 1. The van der Waals surface area contributed by atoms with Gasteiger partial charge in [0.2, 0.25) is 0 Å². The number of aliphatic carboxylic acids is 1. The van der Waals surface area contributed by atoms with Crippen molar-refractivity contribution in [2.45, 2.75) is 6.29 Å². The standard InChI is InChI=1S/C10H11NO5/c12-8(13)6-11(9(14)10(15)16)7-4-2-1-3-5-7/h1-5,8,12-13H,6H2,(H,15,16). The fraction of sp³-hybridized carbons (Fsp3) is 0.200. The molecule has 6 nitrogen and oxygen atoms in total. The van der Waals surface area contributed by atoms with Gasteiger partial charge in [-0.15, -0.1) is 0 Å². The van der Waals surface area contributed by atoms with Crippen LogP contribution in [0.1, 0.15) is 0 Å². The monoisotopic (exact) mass is 225 g/mol.